The highest BCUT2D eigenvalue weighted by Gasteiger charge is 2.21. The molecule has 0 aliphatic carbocycles. The number of nitrogens with zero attached hydrogens (tertiary/aromatic N) is 3. The Morgan fingerprint density at radius 2 is 2.11 bits per heavy atom. The number of amides is 1. The smallest absolute Gasteiger partial charge is 0.272 e. The quantitative estimate of drug-likeness (QED) is 0.783. The third-order valence-electron chi connectivity index (χ3n) is 3.35. The van der Waals surface area contributed by atoms with Crippen molar-refractivity contribution in [1.82, 2.24) is 14.8 Å². The Morgan fingerprint density at radius 1 is 1.33 bits per heavy atom. The molecule has 0 aromatic carbocycles. The van der Waals surface area contributed by atoms with Crippen LogP contribution >= 0.6 is 11.3 Å². The van der Waals surface area contributed by atoms with E-state index in [2.05, 4.69) is 16.9 Å². The molecular weight excluding hydrogens is 246 g/mol. The highest BCUT2D eigenvalue weighted by Crippen LogP contribution is 2.21. The van der Waals surface area contributed by atoms with Gasteiger partial charge in [0.1, 0.15) is 5.69 Å². The van der Waals surface area contributed by atoms with Crippen molar-refractivity contribution in [2.45, 2.75) is 0 Å². The molecule has 0 N–H and O–H groups in total. The third-order valence-corrected chi connectivity index (χ3v) is 4.23. The van der Waals surface area contributed by atoms with Crippen LogP contribution in [0.15, 0.2) is 23.7 Å². The van der Waals surface area contributed by atoms with Crippen LogP contribution in [0.1, 0.15) is 10.5 Å². The second-order valence-electron chi connectivity index (χ2n) is 4.62. The number of hydrogen-bond acceptors (Lipinski definition) is 4. The van der Waals surface area contributed by atoms with Gasteiger partial charge in [-0.1, -0.05) is 0 Å². The maximum Gasteiger partial charge on any atom is 0.272 e. The summed E-state index contributed by atoms with van der Waals surface area (Å²) in [5.74, 6) is 0.0541. The Bertz CT molecular complexity index is 572. The second-order valence-corrected chi connectivity index (χ2v) is 5.57. The van der Waals surface area contributed by atoms with Gasteiger partial charge in [0.2, 0.25) is 0 Å². The molecule has 2 aromatic rings. The molecule has 1 aliphatic rings. The molecule has 1 fully saturated rings. The van der Waals surface area contributed by atoms with Gasteiger partial charge in [0.05, 0.1) is 0 Å². The van der Waals surface area contributed by atoms with Crippen molar-refractivity contribution < 1.29 is 4.79 Å². The number of carbonyl (C=O) groups is 1. The summed E-state index contributed by atoms with van der Waals surface area (Å²) < 4.78 is 1.13. The van der Waals surface area contributed by atoms with Crippen molar-refractivity contribution in [3.8, 4) is 0 Å². The average Bonchev–Trinajstić information content (AvgIpc) is 2.86. The number of aromatic nitrogens is 1. The zero-order valence-electron chi connectivity index (χ0n) is 10.3. The van der Waals surface area contributed by atoms with Crippen LogP contribution in [0.3, 0.4) is 0 Å². The molecule has 0 atom stereocenters. The summed E-state index contributed by atoms with van der Waals surface area (Å²) in [6, 6.07) is 3.93. The number of rotatable bonds is 1. The van der Waals surface area contributed by atoms with Crippen LogP contribution < -0.4 is 0 Å². The van der Waals surface area contributed by atoms with Crippen LogP contribution in [0.4, 0.5) is 0 Å². The Balaban J connectivity index is 1.82. The van der Waals surface area contributed by atoms with Gasteiger partial charge < -0.3 is 9.80 Å². The lowest BCUT2D eigenvalue weighted by molar-refractivity contribution is 0.0658. The SMILES string of the molecule is CN1CCN(C(=O)c2cc3sccc3cn2)CC1. The summed E-state index contributed by atoms with van der Waals surface area (Å²) in [4.78, 5) is 20.7. The van der Waals surface area contributed by atoms with E-state index in [-0.39, 0.29) is 5.91 Å². The fourth-order valence-electron chi connectivity index (χ4n) is 2.14. The van der Waals surface area contributed by atoms with E-state index in [1.807, 2.05) is 22.4 Å². The third kappa shape index (κ3) is 2.11. The summed E-state index contributed by atoms with van der Waals surface area (Å²) in [5, 5.41) is 3.13. The normalized spacial score (nSPS) is 17.3. The first-order valence-corrected chi connectivity index (χ1v) is 6.93. The average molecular weight is 261 g/mol. The van der Waals surface area contributed by atoms with Crippen LogP contribution in [0.5, 0.6) is 0 Å². The van der Waals surface area contributed by atoms with Gasteiger partial charge in [-0.2, -0.15) is 0 Å². The highest BCUT2D eigenvalue weighted by molar-refractivity contribution is 7.17. The van der Waals surface area contributed by atoms with Gasteiger partial charge in [0.25, 0.3) is 5.91 Å². The number of hydrogen-bond donors (Lipinski definition) is 0. The fraction of sp³-hybridized carbons (Fsp3) is 0.385. The molecule has 0 bridgehead atoms. The van der Waals surface area contributed by atoms with Crippen molar-refractivity contribution in [2.24, 2.45) is 0 Å². The van der Waals surface area contributed by atoms with Crippen molar-refractivity contribution in [2.75, 3.05) is 33.2 Å². The van der Waals surface area contributed by atoms with Crippen LogP contribution in [-0.2, 0) is 0 Å². The molecule has 4 nitrogen and oxygen atoms in total. The molecule has 2 aromatic heterocycles. The molecule has 18 heavy (non-hydrogen) atoms. The molecule has 0 unspecified atom stereocenters. The molecule has 3 heterocycles. The van der Waals surface area contributed by atoms with Gasteiger partial charge in [0.15, 0.2) is 0 Å². The molecule has 0 radical (unpaired) electrons. The van der Waals surface area contributed by atoms with Crippen molar-refractivity contribution >= 4 is 27.3 Å². The fourth-order valence-corrected chi connectivity index (χ4v) is 2.94. The van der Waals surface area contributed by atoms with E-state index in [9.17, 15) is 4.79 Å². The first-order valence-electron chi connectivity index (χ1n) is 6.05. The first-order chi connectivity index (χ1) is 8.74. The number of carbonyl (C=O) groups excluding carboxylic acids is 1. The first kappa shape index (κ1) is 11.6. The van der Waals surface area contributed by atoms with Crippen LogP contribution in [0.25, 0.3) is 10.1 Å². The van der Waals surface area contributed by atoms with Gasteiger partial charge in [0, 0.05) is 42.5 Å². The minimum Gasteiger partial charge on any atom is -0.335 e. The maximum absolute atomic E-state index is 12.3. The Labute approximate surface area is 110 Å². The summed E-state index contributed by atoms with van der Waals surface area (Å²) in [6.07, 6.45) is 1.79. The molecule has 5 heteroatoms. The molecule has 1 saturated heterocycles. The van der Waals surface area contributed by atoms with Crippen molar-refractivity contribution in [1.29, 1.82) is 0 Å². The molecular formula is C13H15N3OS. The van der Waals surface area contributed by atoms with E-state index in [0.717, 1.165) is 36.3 Å². The number of pyridine rings is 1. The van der Waals surface area contributed by atoms with Crippen molar-refractivity contribution in [3.05, 3.63) is 29.4 Å². The predicted octanol–water partition coefficient (Wildman–Crippen LogP) is 1.68. The van der Waals surface area contributed by atoms with Gasteiger partial charge in [-0.25, -0.2) is 0 Å². The molecule has 0 spiro atoms. The summed E-state index contributed by atoms with van der Waals surface area (Å²) in [5.41, 5.74) is 0.564. The zero-order valence-corrected chi connectivity index (χ0v) is 11.1. The Kier molecular flexibility index (Phi) is 3.01. The maximum atomic E-state index is 12.3. The standard InChI is InChI=1S/C13H15N3OS/c1-15-3-5-16(6-4-15)13(17)11-8-12-10(9-14-11)2-7-18-12/h2,7-9H,3-6H2,1H3. The number of piperazine rings is 1. The zero-order chi connectivity index (χ0) is 12.5. The van der Waals surface area contributed by atoms with Gasteiger partial charge in [-0.15, -0.1) is 11.3 Å². The molecule has 94 valence electrons. The van der Waals surface area contributed by atoms with Gasteiger partial charge in [-0.3, -0.25) is 9.78 Å². The summed E-state index contributed by atoms with van der Waals surface area (Å²) in [6.45, 7) is 3.46. The topological polar surface area (TPSA) is 36.4 Å². The molecule has 3 rings (SSSR count). The lowest BCUT2D eigenvalue weighted by Crippen LogP contribution is -2.47. The van der Waals surface area contributed by atoms with Gasteiger partial charge >= 0.3 is 0 Å². The van der Waals surface area contributed by atoms with E-state index in [1.165, 1.54) is 0 Å². The Morgan fingerprint density at radius 3 is 2.89 bits per heavy atom. The largest absolute Gasteiger partial charge is 0.335 e. The number of thiophene rings is 1. The summed E-state index contributed by atoms with van der Waals surface area (Å²) >= 11 is 1.65. The van der Waals surface area contributed by atoms with E-state index in [0.29, 0.717) is 5.69 Å². The van der Waals surface area contributed by atoms with E-state index >= 15 is 0 Å². The summed E-state index contributed by atoms with van der Waals surface area (Å²) in [7, 11) is 2.08. The highest BCUT2D eigenvalue weighted by atomic mass is 32.1. The Hall–Kier alpha value is -1.46. The van der Waals surface area contributed by atoms with Crippen molar-refractivity contribution in [3.63, 3.8) is 0 Å². The molecule has 1 amide bonds. The van der Waals surface area contributed by atoms with Crippen LogP contribution in [0, 0.1) is 0 Å². The predicted molar refractivity (Wildman–Crippen MR) is 73.0 cm³/mol. The monoisotopic (exact) mass is 261 g/mol. The van der Waals surface area contributed by atoms with Gasteiger partial charge in [-0.05, 0) is 24.6 Å². The lowest BCUT2D eigenvalue weighted by atomic mass is 10.2. The van der Waals surface area contributed by atoms with E-state index in [1.54, 1.807) is 17.5 Å². The molecule has 1 aliphatic heterocycles. The minimum atomic E-state index is 0.0541. The van der Waals surface area contributed by atoms with Crippen LogP contribution in [-0.4, -0.2) is 53.9 Å². The van der Waals surface area contributed by atoms with E-state index in [4.69, 9.17) is 0 Å². The van der Waals surface area contributed by atoms with Crippen LogP contribution in [0.2, 0.25) is 0 Å². The van der Waals surface area contributed by atoms with E-state index < -0.39 is 0 Å². The number of fused-ring (bicyclic) bond motifs is 1. The number of likely N-dealkylation sites (N-methyl/N-ethyl adjacent to an activating group) is 1. The lowest BCUT2D eigenvalue weighted by Gasteiger charge is -2.32. The minimum absolute atomic E-state index is 0.0541. The molecule has 0 saturated carbocycles. The second kappa shape index (κ2) is 4.66.